The number of rotatable bonds is 7. The molecule has 1 atom stereocenters. The predicted molar refractivity (Wildman–Crippen MR) is 106 cm³/mol. The zero-order chi connectivity index (χ0) is 20.2. The lowest BCUT2D eigenvalue weighted by Gasteiger charge is -2.26. The number of carbonyl (C=O) groups excluding carboxylic acids is 1. The van der Waals surface area contributed by atoms with Gasteiger partial charge in [-0.25, -0.2) is 0 Å². The van der Waals surface area contributed by atoms with Crippen molar-refractivity contribution in [2.24, 2.45) is 0 Å². The highest BCUT2D eigenvalue weighted by Crippen LogP contribution is 2.39. The zero-order valence-corrected chi connectivity index (χ0v) is 17.0. The van der Waals surface area contributed by atoms with E-state index in [4.69, 9.17) is 18.3 Å². The lowest BCUT2D eigenvalue weighted by Crippen LogP contribution is -2.32. The van der Waals surface area contributed by atoms with E-state index < -0.39 is 0 Å². The van der Waals surface area contributed by atoms with Crippen LogP contribution < -0.4 is 9.47 Å². The third-order valence-corrected chi connectivity index (χ3v) is 5.63. The van der Waals surface area contributed by atoms with Gasteiger partial charge in [-0.15, -0.1) is 10.2 Å². The summed E-state index contributed by atoms with van der Waals surface area (Å²) in [6.07, 6.45) is 3.35. The molecule has 8 nitrogen and oxygen atoms in total. The van der Waals surface area contributed by atoms with E-state index in [1.807, 2.05) is 23.1 Å². The number of carbonyl (C=O) groups is 1. The number of furan rings is 1. The molecule has 29 heavy (non-hydrogen) atoms. The molecular weight excluding hydrogens is 394 g/mol. The second-order valence-corrected chi connectivity index (χ2v) is 7.42. The van der Waals surface area contributed by atoms with Gasteiger partial charge in [-0.3, -0.25) is 4.79 Å². The number of ether oxygens (including phenoxy) is 2. The van der Waals surface area contributed by atoms with E-state index in [0.717, 1.165) is 29.9 Å². The van der Waals surface area contributed by atoms with Crippen LogP contribution in [0.15, 0.2) is 50.7 Å². The largest absolute Gasteiger partial charge is 0.497 e. The number of aromatic nitrogens is 2. The third-order valence-electron chi connectivity index (χ3n) is 4.83. The van der Waals surface area contributed by atoms with E-state index >= 15 is 0 Å². The number of amides is 1. The van der Waals surface area contributed by atoms with Crippen LogP contribution >= 0.6 is 11.8 Å². The maximum Gasteiger partial charge on any atom is 0.284 e. The molecule has 3 aromatic rings. The summed E-state index contributed by atoms with van der Waals surface area (Å²) >= 11 is 1.22. The molecule has 1 amide bonds. The average molecular weight is 415 g/mol. The quantitative estimate of drug-likeness (QED) is 0.538. The molecule has 0 saturated carbocycles. The van der Waals surface area contributed by atoms with Crippen LogP contribution in [0.5, 0.6) is 11.5 Å². The van der Waals surface area contributed by atoms with Gasteiger partial charge >= 0.3 is 0 Å². The molecule has 4 rings (SSSR count). The fourth-order valence-corrected chi connectivity index (χ4v) is 4.11. The molecule has 0 spiro atoms. The van der Waals surface area contributed by atoms with E-state index in [1.54, 1.807) is 26.4 Å². The van der Waals surface area contributed by atoms with Crippen molar-refractivity contribution >= 4 is 17.7 Å². The summed E-state index contributed by atoms with van der Waals surface area (Å²) in [6, 6.07) is 9.11. The Hall–Kier alpha value is -2.94. The van der Waals surface area contributed by atoms with Gasteiger partial charge in [0.05, 0.1) is 32.3 Å². The molecule has 1 fully saturated rings. The summed E-state index contributed by atoms with van der Waals surface area (Å²) in [5, 5.41) is 8.26. The minimum Gasteiger partial charge on any atom is -0.497 e. The molecule has 0 radical (unpaired) electrons. The van der Waals surface area contributed by atoms with Gasteiger partial charge in [0.1, 0.15) is 11.5 Å². The summed E-state index contributed by atoms with van der Waals surface area (Å²) < 4.78 is 21.7. The van der Waals surface area contributed by atoms with Gasteiger partial charge in [-0.05, 0) is 43.2 Å². The average Bonchev–Trinajstić information content (AvgIpc) is 3.52. The van der Waals surface area contributed by atoms with Crippen molar-refractivity contribution < 1.29 is 23.1 Å². The van der Waals surface area contributed by atoms with Crippen LogP contribution in [-0.2, 0) is 4.79 Å². The standard InChI is InChI=1S/C20H21N3O5S/c1-25-13-7-8-16(26-2)14(11-13)15-5-3-9-23(15)18(24)12-29-20-22-21-19(28-20)17-6-4-10-27-17/h4,6-8,10-11,15H,3,5,9,12H2,1-2H3/t15-/m0/s1. The Kier molecular flexibility index (Phi) is 5.75. The van der Waals surface area contributed by atoms with E-state index in [9.17, 15) is 4.79 Å². The van der Waals surface area contributed by atoms with Crippen LogP contribution in [0.1, 0.15) is 24.4 Å². The summed E-state index contributed by atoms with van der Waals surface area (Å²) in [5.41, 5.74) is 0.959. The van der Waals surface area contributed by atoms with Crippen molar-refractivity contribution in [3.05, 3.63) is 42.2 Å². The Balaban J connectivity index is 1.44. The third kappa shape index (κ3) is 4.09. The Bertz CT molecular complexity index is 972. The lowest BCUT2D eigenvalue weighted by atomic mass is 10.0. The number of hydrogen-bond acceptors (Lipinski definition) is 8. The summed E-state index contributed by atoms with van der Waals surface area (Å²) in [5.74, 6) is 2.52. The minimum atomic E-state index is -0.0467. The normalized spacial score (nSPS) is 16.2. The maximum absolute atomic E-state index is 12.9. The van der Waals surface area contributed by atoms with Crippen LogP contribution in [0, 0.1) is 0 Å². The topological polar surface area (TPSA) is 90.8 Å². The highest BCUT2D eigenvalue weighted by atomic mass is 32.2. The Morgan fingerprint density at radius 1 is 1.28 bits per heavy atom. The molecule has 0 unspecified atom stereocenters. The molecule has 1 aliphatic heterocycles. The highest BCUT2D eigenvalue weighted by molar-refractivity contribution is 7.99. The maximum atomic E-state index is 12.9. The number of likely N-dealkylation sites (tertiary alicyclic amines) is 1. The SMILES string of the molecule is COc1ccc(OC)c([C@@H]2CCCN2C(=O)CSc2nnc(-c3ccco3)o2)c1. The van der Waals surface area contributed by atoms with Gasteiger partial charge in [0, 0.05) is 12.1 Å². The fourth-order valence-electron chi connectivity index (χ4n) is 3.46. The highest BCUT2D eigenvalue weighted by Gasteiger charge is 2.32. The monoisotopic (exact) mass is 415 g/mol. The van der Waals surface area contributed by atoms with Gasteiger partial charge in [0.2, 0.25) is 5.91 Å². The molecule has 2 aromatic heterocycles. The first-order valence-corrected chi connectivity index (χ1v) is 10.2. The van der Waals surface area contributed by atoms with Crippen molar-refractivity contribution in [1.29, 1.82) is 0 Å². The van der Waals surface area contributed by atoms with Gasteiger partial charge in [0.15, 0.2) is 5.76 Å². The second kappa shape index (κ2) is 8.60. The summed E-state index contributed by atoms with van der Waals surface area (Å²) in [4.78, 5) is 14.8. The van der Waals surface area contributed by atoms with Gasteiger partial charge in [0.25, 0.3) is 11.1 Å². The van der Waals surface area contributed by atoms with Crippen LogP contribution in [-0.4, -0.2) is 47.5 Å². The van der Waals surface area contributed by atoms with Crippen LogP contribution in [0.3, 0.4) is 0 Å². The molecule has 0 aliphatic carbocycles. The van der Waals surface area contributed by atoms with E-state index in [0.29, 0.717) is 23.4 Å². The van der Waals surface area contributed by atoms with Crippen molar-refractivity contribution in [3.8, 4) is 23.1 Å². The van der Waals surface area contributed by atoms with Crippen molar-refractivity contribution in [2.75, 3.05) is 26.5 Å². The number of benzene rings is 1. The smallest absolute Gasteiger partial charge is 0.284 e. The second-order valence-electron chi connectivity index (χ2n) is 6.49. The van der Waals surface area contributed by atoms with E-state index in [1.165, 1.54) is 18.0 Å². The molecule has 152 valence electrons. The lowest BCUT2D eigenvalue weighted by molar-refractivity contribution is -0.129. The van der Waals surface area contributed by atoms with Crippen molar-refractivity contribution in [1.82, 2.24) is 15.1 Å². The first kappa shape index (κ1) is 19.4. The van der Waals surface area contributed by atoms with Crippen LogP contribution in [0.2, 0.25) is 0 Å². The minimum absolute atomic E-state index is 0.0140. The number of thioether (sulfide) groups is 1. The molecule has 3 heterocycles. The Morgan fingerprint density at radius 3 is 2.93 bits per heavy atom. The Morgan fingerprint density at radius 2 is 2.17 bits per heavy atom. The van der Waals surface area contributed by atoms with E-state index in [2.05, 4.69) is 10.2 Å². The van der Waals surface area contributed by atoms with Crippen LogP contribution in [0.4, 0.5) is 0 Å². The molecular formula is C20H21N3O5S. The zero-order valence-electron chi connectivity index (χ0n) is 16.2. The molecule has 1 aromatic carbocycles. The summed E-state index contributed by atoms with van der Waals surface area (Å²) in [6.45, 7) is 0.700. The van der Waals surface area contributed by atoms with Crippen molar-refractivity contribution in [2.45, 2.75) is 24.1 Å². The summed E-state index contributed by atoms with van der Waals surface area (Å²) in [7, 11) is 3.26. The van der Waals surface area contributed by atoms with E-state index in [-0.39, 0.29) is 17.7 Å². The molecule has 1 saturated heterocycles. The first-order chi connectivity index (χ1) is 14.2. The number of hydrogen-bond donors (Lipinski definition) is 0. The number of methoxy groups -OCH3 is 2. The molecule has 0 N–H and O–H groups in total. The molecule has 0 bridgehead atoms. The van der Waals surface area contributed by atoms with Gasteiger partial charge < -0.3 is 23.2 Å². The molecule has 9 heteroatoms. The predicted octanol–water partition coefficient (Wildman–Crippen LogP) is 3.80. The Labute approximate surface area is 172 Å². The fraction of sp³-hybridized carbons (Fsp3) is 0.350. The van der Waals surface area contributed by atoms with Crippen molar-refractivity contribution in [3.63, 3.8) is 0 Å². The number of nitrogens with zero attached hydrogens (tertiary/aromatic N) is 3. The van der Waals surface area contributed by atoms with Gasteiger partial charge in [-0.1, -0.05) is 11.8 Å². The molecule has 1 aliphatic rings. The first-order valence-electron chi connectivity index (χ1n) is 9.21. The van der Waals surface area contributed by atoms with Crippen LogP contribution in [0.25, 0.3) is 11.7 Å². The van der Waals surface area contributed by atoms with Gasteiger partial charge in [-0.2, -0.15) is 0 Å².